The number of likely N-dealkylation sites (tertiary alicyclic amines) is 1. The number of amides is 5. The van der Waals surface area contributed by atoms with Gasteiger partial charge in [0.25, 0.3) is 0 Å². The summed E-state index contributed by atoms with van der Waals surface area (Å²) in [5.74, 6) is -5.08. The number of aliphatic carboxylic acids is 1. The van der Waals surface area contributed by atoms with Crippen LogP contribution in [0.5, 0.6) is 0 Å². The Labute approximate surface area is 185 Å². The standard InChI is InChI=1S/C19H32N6O7/c1-9(2)15(24-16(28)10(20)8-14(22)27)18(30)25-7-3-4-12(25)17(29)23-11(19(31)32)5-6-13(21)26/h9-12,15H,3-8,20H2,1-2H3,(H2,21,26)(H2,22,27)(H,23,29)(H,24,28)(H,31,32). The van der Waals surface area contributed by atoms with Crippen LogP contribution in [0.25, 0.3) is 0 Å². The fourth-order valence-corrected chi connectivity index (χ4v) is 3.38. The molecule has 13 nitrogen and oxygen atoms in total. The monoisotopic (exact) mass is 456 g/mol. The van der Waals surface area contributed by atoms with Gasteiger partial charge in [0.05, 0.1) is 12.5 Å². The predicted octanol–water partition coefficient (Wildman–Crippen LogP) is -2.84. The van der Waals surface area contributed by atoms with E-state index in [1.54, 1.807) is 13.8 Å². The van der Waals surface area contributed by atoms with Crippen molar-refractivity contribution in [3.8, 4) is 0 Å². The van der Waals surface area contributed by atoms with E-state index in [0.717, 1.165) is 0 Å². The number of hydrogen-bond donors (Lipinski definition) is 6. The number of carbonyl (C=O) groups excluding carboxylic acids is 5. The molecule has 1 aliphatic rings. The van der Waals surface area contributed by atoms with Gasteiger partial charge in [-0.1, -0.05) is 13.8 Å². The van der Waals surface area contributed by atoms with Gasteiger partial charge in [0.15, 0.2) is 0 Å². The molecule has 0 aliphatic carbocycles. The maximum atomic E-state index is 13.1. The van der Waals surface area contributed by atoms with Crippen molar-refractivity contribution in [2.45, 2.75) is 70.1 Å². The van der Waals surface area contributed by atoms with Gasteiger partial charge in [0.2, 0.25) is 29.5 Å². The summed E-state index contributed by atoms with van der Waals surface area (Å²) in [6.45, 7) is 3.62. The Morgan fingerprint density at radius 2 is 1.69 bits per heavy atom. The number of primary amides is 2. The predicted molar refractivity (Wildman–Crippen MR) is 111 cm³/mol. The normalized spacial score (nSPS) is 18.5. The quantitative estimate of drug-likeness (QED) is 0.179. The first-order valence-corrected chi connectivity index (χ1v) is 10.3. The molecule has 4 atom stereocenters. The van der Waals surface area contributed by atoms with Crippen LogP contribution in [0.15, 0.2) is 0 Å². The van der Waals surface area contributed by atoms with Crippen LogP contribution in [0.3, 0.4) is 0 Å². The molecule has 13 heteroatoms. The molecule has 1 saturated heterocycles. The zero-order chi connectivity index (χ0) is 24.6. The van der Waals surface area contributed by atoms with Crippen molar-refractivity contribution in [3.63, 3.8) is 0 Å². The van der Waals surface area contributed by atoms with Crippen LogP contribution in [0.2, 0.25) is 0 Å². The number of nitrogens with one attached hydrogen (secondary N) is 2. The summed E-state index contributed by atoms with van der Waals surface area (Å²) in [6.07, 6.45) is 0.0149. The number of carboxylic acid groups (broad SMARTS) is 1. The Hall–Kier alpha value is -3.22. The smallest absolute Gasteiger partial charge is 0.326 e. The molecule has 1 rings (SSSR count). The van der Waals surface area contributed by atoms with E-state index in [1.807, 2.05) is 0 Å². The zero-order valence-corrected chi connectivity index (χ0v) is 18.2. The highest BCUT2D eigenvalue weighted by Gasteiger charge is 2.40. The van der Waals surface area contributed by atoms with E-state index in [1.165, 1.54) is 4.90 Å². The molecule has 5 amide bonds. The first-order chi connectivity index (χ1) is 14.8. The fourth-order valence-electron chi connectivity index (χ4n) is 3.38. The molecule has 32 heavy (non-hydrogen) atoms. The lowest BCUT2D eigenvalue weighted by Crippen LogP contribution is -2.58. The van der Waals surface area contributed by atoms with Crippen LogP contribution in [0.1, 0.15) is 46.0 Å². The van der Waals surface area contributed by atoms with E-state index >= 15 is 0 Å². The Balaban J connectivity index is 2.91. The van der Waals surface area contributed by atoms with Gasteiger partial charge in [-0.15, -0.1) is 0 Å². The summed E-state index contributed by atoms with van der Waals surface area (Å²) in [5.41, 5.74) is 15.7. The highest BCUT2D eigenvalue weighted by molar-refractivity contribution is 5.95. The highest BCUT2D eigenvalue weighted by Crippen LogP contribution is 2.21. The van der Waals surface area contributed by atoms with Crippen molar-refractivity contribution < 1.29 is 33.9 Å². The van der Waals surface area contributed by atoms with Crippen LogP contribution in [0, 0.1) is 5.92 Å². The van der Waals surface area contributed by atoms with Crippen LogP contribution < -0.4 is 27.8 Å². The molecule has 0 aromatic rings. The van der Waals surface area contributed by atoms with Crippen molar-refractivity contribution in [2.75, 3.05) is 6.54 Å². The van der Waals surface area contributed by atoms with E-state index in [4.69, 9.17) is 17.2 Å². The molecule has 4 unspecified atom stereocenters. The van der Waals surface area contributed by atoms with Gasteiger partial charge in [-0.25, -0.2) is 4.79 Å². The summed E-state index contributed by atoms with van der Waals surface area (Å²) in [6, 6.07) is -4.50. The van der Waals surface area contributed by atoms with E-state index in [-0.39, 0.29) is 31.7 Å². The molecule has 180 valence electrons. The third-order valence-electron chi connectivity index (χ3n) is 5.12. The highest BCUT2D eigenvalue weighted by atomic mass is 16.4. The summed E-state index contributed by atoms with van der Waals surface area (Å²) < 4.78 is 0. The average molecular weight is 457 g/mol. The lowest BCUT2D eigenvalue weighted by atomic mass is 10.0. The molecule has 1 heterocycles. The number of rotatable bonds is 12. The van der Waals surface area contributed by atoms with E-state index < -0.39 is 59.7 Å². The molecule has 1 aliphatic heterocycles. The Kier molecular flexibility index (Phi) is 10.0. The Morgan fingerprint density at radius 3 is 2.19 bits per heavy atom. The number of nitrogens with zero attached hydrogens (tertiary/aromatic N) is 1. The number of carbonyl (C=O) groups is 6. The van der Waals surface area contributed by atoms with Crippen molar-refractivity contribution in [2.24, 2.45) is 23.1 Å². The minimum absolute atomic E-state index is 0.181. The molecule has 0 aromatic heterocycles. The summed E-state index contributed by atoms with van der Waals surface area (Å²) >= 11 is 0. The van der Waals surface area contributed by atoms with Crippen LogP contribution in [0.4, 0.5) is 0 Å². The van der Waals surface area contributed by atoms with Crippen LogP contribution >= 0.6 is 0 Å². The van der Waals surface area contributed by atoms with Crippen LogP contribution in [-0.4, -0.2) is 76.2 Å². The van der Waals surface area contributed by atoms with Gasteiger partial charge in [0.1, 0.15) is 18.1 Å². The number of nitrogens with two attached hydrogens (primary N) is 3. The van der Waals surface area contributed by atoms with Gasteiger partial charge in [-0.3, -0.25) is 24.0 Å². The van der Waals surface area contributed by atoms with Gasteiger partial charge >= 0.3 is 5.97 Å². The molecular weight excluding hydrogens is 424 g/mol. The maximum absolute atomic E-state index is 13.1. The van der Waals surface area contributed by atoms with Crippen molar-refractivity contribution in [1.29, 1.82) is 0 Å². The molecule has 0 radical (unpaired) electrons. The second-order valence-corrected chi connectivity index (χ2v) is 8.10. The van der Waals surface area contributed by atoms with E-state index in [2.05, 4.69) is 10.6 Å². The second-order valence-electron chi connectivity index (χ2n) is 8.10. The molecule has 0 saturated carbocycles. The van der Waals surface area contributed by atoms with Crippen molar-refractivity contribution in [3.05, 3.63) is 0 Å². The minimum atomic E-state index is -1.33. The fraction of sp³-hybridized carbons (Fsp3) is 0.684. The maximum Gasteiger partial charge on any atom is 0.326 e. The van der Waals surface area contributed by atoms with E-state index in [9.17, 15) is 33.9 Å². The summed E-state index contributed by atoms with van der Waals surface area (Å²) in [5, 5.41) is 14.1. The largest absolute Gasteiger partial charge is 0.480 e. The Bertz CT molecular complexity index is 756. The van der Waals surface area contributed by atoms with Gasteiger partial charge in [-0.05, 0) is 25.2 Å². The topological polar surface area (TPSA) is 228 Å². The minimum Gasteiger partial charge on any atom is -0.480 e. The number of carboxylic acids is 1. The summed E-state index contributed by atoms with van der Waals surface area (Å²) in [7, 11) is 0. The zero-order valence-electron chi connectivity index (χ0n) is 18.2. The molecule has 0 bridgehead atoms. The molecule has 1 fully saturated rings. The van der Waals surface area contributed by atoms with E-state index in [0.29, 0.717) is 12.8 Å². The molecule has 0 aromatic carbocycles. The lowest BCUT2D eigenvalue weighted by Gasteiger charge is -2.31. The molecule has 0 spiro atoms. The Morgan fingerprint density at radius 1 is 1.06 bits per heavy atom. The molecule has 9 N–H and O–H groups in total. The lowest BCUT2D eigenvalue weighted by molar-refractivity contribution is -0.145. The van der Waals surface area contributed by atoms with Gasteiger partial charge < -0.3 is 37.8 Å². The first-order valence-electron chi connectivity index (χ1n) is 10.3. The number of hydrogen-bond acceptors (Lipinski definition) is 7. The van der Waals surface area contributed by atoms with Gasteiger partial charge in [0, 0.05) is 13.0 Å². The average Bonchev–Trinajstić information content (AvgIpc) is 3.17. The SMILES string of the molecule is CC(C)C(NC(=O)C(N)CC(N)=O)C(=O)N1CCCC1C(=O)NC(CCC(N)=O)C(=O)O. The van der Waals surface area contributed by atoms with Crippen molar-refractivity contribution >= 4 is 35.5 Å². The molecular formula is C19H32N6O7. The third kappa shape index (κ3) is 7.80. The third-order valence-corrected chi connectivity index (χ3v) is 5.12. The summed E-state index contributed by atoms with van der Waals surface area (Å²) in [4.78, 5) is 72.7. The van der Waals surface area contributed by atoms with Gasteiger partial charge in [-0.2, -0.15) is 0 Å². The van der Waals surface area contributed by atoms with Crippen molar-refractivity contribution in [1.82, 2.24) is 15.5 Å². The first kappa shape index (κ1) is 26.8. The van der Waals surface area contributed by atoms with Crippen LogP contribution in [-0.2, 0) is 28.8 Å². The second kappa shape index (κ2) is 12.0.